The molecule has 1 aromatic heterocycles. The van der Waals surface area contributed by atoms with E-state index in [0.29, 0.717) is 0 Å². The van der Waals surface area contributed by atoms with Gasteiger partial charge in [0, 0.05) is 23.8 Å². The fourth-order valence-electron chi connectivity index (χ4n) is 3.99. The summed E-state index contributed by atoms with van der Waals surface area (Å²) in [6.45, 7) is 8.99. The van der Waals surface area contributed by atoms with Gasteiger partial charge in [0.25, 0.3) is 0 Å². The fourth-order valence-corrected chi connectivity index (χ4v) is 4.95. The second-order valence-corrected chi connectivity index (χ2v) is 8.82. The second-order valence-electron chi connectivity index (χ2n) is 7.52. The molecule has 2 atom stereocenters. The molecule has 0 N–H and O–H groups in total. The minimum absolute atomic E-state index is 0.121. The van der Waals surface area contributed by atoms with Crippen LogP contribution in [0.25, 0.3) is 11.4 Å². The first-order chi connectivity index (χ1) is 14.0. The molecular weight excluding hydrogens is 380 g/mol. The molecule has 0 saturated carbocycles. The summed E-state index contributed by atoms with van der Waals surface area (Å²) in [4.78, 5) is 15.2. The maximum atomic E-state index is 13.3. The van der Waals surface area contributed by atoms with E-state index in [4.69, 9.17) is 0 Å². The summed E-state index contributed by atoms with van der Waals surface area (Å²) >= 11 is 1.49. The lowest BCUT2D eigenvalue weighted by Gasteiger charge is -2.25. The maximum Gasteiger partial charge on any atom is 0.240 e. The molecular formula is C23H26N4OS. The molecule has 0 saturated heterocycles. The minimum atomic E-state index is -0.247. The quantitative estimate of drug-likeness (QED) is 0.575. The van der Waals surface area contributed by atoms with E-state index >= 15 is 0 Å². The van der Waals surface area contributed by atoms with Crippen molar-refractivity contribution in [1.82, 2.24) is 14.8 Å². The number of benzene rings is 2. The summed E-state index contributed by atoms with van der Waals surface area (Å²) < 4.78 is 2.10. The number of nitrogens with zero attached hydrogens (tertiary/aromatic N) is 4. The van der Waals surface area contributed by atoms with Gasteiger partial charge in [-0.3, -0.25) is 4.79 Å². The van der Waals surface area contributed by atoms with Crippen LogP contribution in [0.5, 0.6) is 0 Å². The van der Waals surface area contributed by atoms with Gasteiger partial charge in [0.05, 0.1) is 5.25 Å². The molecule has 0 fully saturated rings. The third-order valence-electron chi connectivity index (χ3n) is 5.49. The Balaban J connectivity index is 1.59. The first-order valence-electron chi connectivity index (χ1n) is 10.1. The summed E-state index contributed by atoms with van der Waals surface area (Å²) in [5.74, 6) is 0.975. The number of aryl methyl sites for hydroxylation is 1. The normalized spacial score (nSPS) is 16.7. The van der Waals surface area contributed by atoms with Crippen LogP contribution >= 0.6 is 11.8 Å². The lowest BCUT2D eigenvalue weighted by molar-refractivity contribution is -0.118. The lowest BCUT2D eigenvalue weighted by atomic mass is 10.1. The molecule has 0 aliphatic carbocycles. The number of aromatic nitrogens is 3. The zero-order valence-electron chi connectivity index (χ0n) is 17.3. The van der Waals surface area contributed by atoms with E-state index in [1.54, 1.807) is 0 Å². The Morgan fingerprint density at radius 2 is 1.90 bits per heavy atom. The molecule has 5 nitrogen and oxygen atoms in total. The number of carbonyl (C=O) groups is 1. The molecule has 29 heavy (non-hydrogen) atoms. The van der Waals surface area contributed by atoms with Crippen LogP contribution in [0.15, 0.2) is 53.7 Å². The van der Waals surface area contributed by atoms with Crippen LogP contribution in [0, 0.1) is 6.92 Å². The van der Waals surface area contributed by atoms with Gasteiger partial charge in [0.2, 0.25) is 5.91 Å². The lowest BCUT2D eigenvalue weighted by Crippen LogP contribution is -2.40. The van der Waals surface area contributed by atoms with E-state index in [1.165, 1.54) is 17.3 Å². The van der Waals surface area contributed by atoms with Crippen LogP contribution in [0.2, 0.25) is 0 Å². The molecule has 0 radical (unpaired) electrons. The Morgan fingerprint density at radius 1 is 1.17 bits per heavy atom. The first kappa shape index (κ1) is 19.7. The van der Waals surface area contributed by atoms with Crippen molar-refractivity contribution < 1.29 is 4.79 Å². The van der Waals surface area contributed by atoms with Gasteiger partial charge in [-0.05, 0) is 51.3 Å². The second kappa shape index (κ2) is 8.03. The molecule has 2 heterocycles. The minimum Gasteiger partial charge on any atom is -0.308 e. The largest absolute Gasteiger partial charge is 0.308 e. The van der Waals surface area contributed by atoms with E-state index in [-0.39, 0.29) is 17.2 Å². The van der Waals surface area contributed by atoms with Crippen LogP contribution in [0.3, 0.4) is 0 Å². The molecule has 3 aromatic rings. The Labute approximate surface area is 176 Å². The number of thioether (sulfide) groups is 1. The number of carbonyl (C=O) groups excluding carboxylic acids is 1. The summed E-state index contributed by atoms with van der Waals surface area (Å²) in [5.41, 5.74) is 4.52. The molecule has 1 amide bonds. The van der Waals surface area contributed by atoms with E-state index in [1.807, 2.05) is 42.2 Å². The standard InChI is InChI=1S/C23H26N4OS/c1-5-26-21(19-12-8-6-10-15(19)2)24-25-23(26)29-17(4)22(28)27-16(3)14-18-11-7-9-13-20(18)27/h6-13,16-17H,5,14H2,1-4H3/t16-,17+/m0/s1. The van der Waals surface area contributed by atoms with Crippen LogP contribution in [0.4, 0.5) is 5.69 Å². The predicted octanol–water partition coefficient (Wildman–Crippen LogP) is 4.73. The average molecular weight is 407 g/mol. The van der Waals surface area contributed by atoms with Crippen molar-refractivity contribution in [2.45, 2.75) is 57.1 Å². The number of hydrogen-bond donors (Lipinski definition) is 0. The van der Waals surface area contributed by atoms with Crippen molar-refractivity contribution in [3.8, 4) is 11.4 Å². The zero-order valence-corrected chi connectivity index (χ0v) is 18.1. The van der Waals surface area contributed by atoms with Gasteiger partial charge >= 0.3 is 0 Å². The van der Waals surface area contributed by atoms with E-state index in [9.17, 15) is 4.79 Å². The highest BCUT2D eigenvalue weighted by Gasteiger charge is 2.34. The maximum absolute atomic E-state index is 13.3. The smallest absolute Gasteiger partial charge is 0.240 e. The highest BCUT2D eigenvalue weighted by molar-refractivity contribution is 8.00. The van der Waals surface area contributed by atoms with Gasteiger partial charge in [0.15, 0.2) is 11.0 Å². The SMILES string of the molecule is CCn1c(S[C@H](C)C(=O)N2c3ccccc3C[C@@H]2C)nnc1-c1ccccc1C. The van der Waals surface area contributed by atoms with Gasteiger partial charge in [-0.25, -0.2) is 0 Å². The van der Waals surface area contributed by atoms with Crippen LogP contribution < -0.4 is 4.90 Å². The summed E-state index contributed by atoms with van der Waals surface area (Å²) in [6.07, 6.45) is 0.905. The molecule has 2 aromatic carbocycles. The molecule has 1 aliphatic heterocycles. The first-order valence-corrected chi connectivity index (χ1v) is 11.0. The average Bonchev–Trinajstić information content (AvgIpc) is 3.27. The van der Waals surface area contributed by atoms with Crippen molar-refractivity contribution in [2.24, 2.45) is 0 Å². The van der Waals surface area contributed by atoms with E-state index < -0.39 is 0 Å². The topological polar surface area (TPSA) is 51.0 Å². The molecule has 6 heteroatoms. The van der Waals surface area contributed by atoms with Crippen molar-refractivity contribution >= 4 is 23.4 Å². The third kappa shape index (κ3) is 3.57. The third-order valence-corrected chi connectivity index (χ3v) is 6.56. The Morgan fingerprint density at radius 3 is 2.66 bits per heavy atom. The number of hydrogen-bond acceptors (Lipinski definition) is 4. The van der Waals surface area contributed by atoms with Crippen LogP contribution in [-0.2, 0) is 17.8 Å². The summed E-state index contributed by atoms with van der Waals surface area (Å²) in [5, 5.41) is 9.40. The van der Waals surface area contributed by atoms with Crippen molar-refractivity contribution in [1.29, 1.82) is 0 Å². The van der Waals surface area contributed by atoms with Gasteiger partial charge in [0.1, 0.15) is 0 Å². The summed E-state index contributed by atoms with van der Waals surface area (Å²) in [7, 11) is 0. The predicted molar refractivity (Wildman–Crippen MR) is 118 cm³/mol. The highest BCUT2D eigenvalue weighted by atomic mass is 32.2. The van der Waals surface area contributed by atoms with E-state index in [0.717, 1.165) is 40.8 Å². The summed E-state index contributed by atoms with van der Waals surface area (Å²) in [6, 6.07) is 16.5. The highest BCUT2D eigenvalue weighted by Crippen LogP contribution is 2.35. The molecule has 150 valence electrons. The van der Waals surface area contributed by atoms with Gasteiger partial charge < -0.3 is 9.47 Å². The van der Waals surface area contributed by atoms with Gasteiger partial charge in [-0.2, -0.15) is 0 Å². The molecule has 0 bridgehead atoms. The number of para-hydroxylation sites is 1. The van der Waals surface area contributed by atoms with Crippen molar-refractivity contribution in [2.75, 3.05) is 4.90 Å². The van der Waals surface area contributed by atoms with Gasteiger partial charge in [-0.15, -0.1) is 10.2 Å². The Bertz CT molecular complexity index is 1040. The number of amides is 1. The Kier molecular flexibility index (Phi) is 5.46. The van der Waals surface area contributed by atoms with Crippen molar-refractivity contribution in [3.63, 3.8) is 0 Å². The molecule has 4 rings (SSSR count). The number of fused-ring (bicyclic) bond motifs is 1. The molecule has 0 unspecified atom stereocenters. The van der Waals surface area contributed by atoms with Crippen molar-refractivity contribution in [3.05, 3.63) is 59.7 Å². The van der Waals surface area contributed by atoms with Crippen LogP contribution in [-0.4, -0.2) is 32.0 Å². The fraction of sp³-hybridized carbons (Fsp3) is 0.348. The van der Waals surface area contributed by atoms with Crippen LogP contribution in [0.1, 0.15) is 31.9 Å². The number of rotatable bonds is 5. The monoisotopic (exact) mass is 406 g/mol. The van der Waals surface area contributed by atoms with E-state index in [2.05, 4.69) is 53.7 Å². The molecule has 1 aliphatic rings. The zero-order chi connectivity index (χ0) is 20.5. The molecule has 0 spiro atoms. The van der Waals surface area contributed by atoms with Gasteiger partial charge in [-0.1, -0.05) is 54.2 Å². The number of anilines is 1. The Hall–Kier alpha value is -2.60.